The minimum atomic E-state index is -1.04. The van der Waals surface area contributed by atoms with Gasteiger partial charge in [-0.1, -0.05) is 25.7 Å². The van der Waals surface area contributed by atoms with Crippen molar-refractivity contribution in [1.29, 1.82) is 0 Å². The molecule has 0 aromatic carbocycles. The highest BCUT2D eigenvalue weighted by atomic mass is 79.9. The topological polar surface area (TPSA) is 53.1 Å². The molecule has 0 bridgehead atoms. The van der Waals surface area contributed by atoms with Gasteiger partial charge in [0.1, 0.15) is 17.2 Å². The molecule has 1 aromatic heterocycles. The van der Waals surface area contributed by atoms with Crippen molar-refractivity contribution in [2.45, 2.75) is 44.9 Å². The molecule has 2 N–H and O–H groups in total. The molecular weight excluding hydrogens is 322 g/mol. The Morgan fingerprint density at radius 2 is 2.26 bits per heavy atom. The molecule has 0 saturated heterocycles. The van der Waals surface area contributed by atoms with E-state index in [4.69, 9.17) is 10.5 Å². The van der Waals surface area contributed by atoms with E-state index in [2.05, 4.69) is 47.1 Å². The number of nitrogens with zero attached hydrogens (tertiary/aromatic N) is 2. The maximum Gasteiger partial charge on any atom is 0.129 e. The van der Waals surface area contributed by atoms with Crippen LogP contribution in [-0.4, -0.2) is 24.2 Å². The van der Waals surface area contributed by atoms with Crippen LogP contribution in [0, 0.1) is 0 Å². The van der Waals surface area contributed by atoms with E-state index < -0.39 is 8.07 Å². The van der Waals surface area contributed by atoms with Crippen molar-refractivity contribution in [2.75, 3.05) is 6.61 Å². The lowest BCUT2D eigenvalue weighted by Crippen LogP contribution is -2.22. The molecule has 4 nitrogen and oxygen atoms in total. The summed E-state index contributed by atoms with van der Waals surface area (Å²) < 4.78 is 8.48. The summed E-state index contributed by atoms with van der Waals surface area (Å²) in [6, 6.07) is 1.03. The van der Waals surface area contributed by atoms with Crippen molar-refractivity contribution in [3.8, 4) is 0 Å². The lowest BCUT2D eigenvalue weighted by Gasteiger charge is -2.17. The van der Waals surface area contributed by atoms with Crippen LogP contribution in [0.5, 0.6) is 0 Å². The molecule has 6 heteroatoms. The van der Waals surface area contributed by atoms with E-state index in [0.717, 1.165) is 23.1 Å². The quantitative estimate of drug-likeness (QED) is 0.445. The molecular formula is C13H24BrN3OSi. The van der Waals surface area contributed by atoms with Crippen molar-refractivity contribution >= 4 is 24.0 Å². The summed E-state index contributed by atoms with van der Waals surface area (Å²) >= 11 is 3.38. The highest BCUT2D eigenvalue weighted by Gasteiger charge is 2.15. The molecule has 0 radical (unpaired) electrons. The average molecular weight is 346 g/mol. The van der Waals surface area contributed by atoms with Crippen molar-refractivity contribution in [1.82, 2.24) is 9.55 Å². The smallest absolute Gasteiger partial charge is 0.129 e. The van der Waals surface area contributed by atoms with Crippen LogP contribution in [0.1, 0.15) is 18.3 Å². The summed E-state index contributed by atoms with van der Waals surface area (Å²) in [5, 5.41) is 0. The van der Waals surface area contributed by atoms with Gasteiger partial charge in [-0.05, 0) is 28.4 Å². The number of hydrogen-bond acceptors (Lipinski definition) is 3. The maximum atomic E-state index is 6.07. The second-order valence-electron chi connectivity index (χ2n) is 5.87. The molecule has 0 fully saturated rings. The average Bonchev–Trinajstić information content (AvgIpc) is 2.65. The molecule has 1 atom stereocenters. The first-order valence-electron chi connectivity index (χ1n) is 6.50. The monoisotopic (exact) mass is 345 g/mol. The number of halogens is 1. The SMILES string of the molecule is C=CC[C@H](N)c1nc(Br)cn1COCC[Si](C)(C)C. The Hall–Kier alpha value is -0.433. The molecule has 0 unspecified atom stereocenters. The molecule has 0 amide bonds. The largest absolute Gasteiger partial charge is 0.361 e. The Balaban J connectivity index is 2.55. The summed E-state index contributed by atoms with van der Waals surface area (Å²) in [4.78, 5) is 4.39. The summed E-state index contributed by atoms with van der Waals surface area (Å²) in [5.74, 6) is 0.833. The fraction of sp³-hybridized carbons (Fsp3) is 0.615. The molecule has 1 heterocycles. The van der Waals surface area contributed by atoms with Gasteiger partial charge in [0.2, 0.25) is 0 Å². The third kappa shape index (κ3) is 6.03. The van der Waals surface area contributed by atoms with E-state index >= 15 is 0 Å². The summed E-state index contributed by atoms with van der Waals surface area (Å²) in [6.07, 6.45) is 4.43. The molecule has 1 aromatic rings. The van der Waals surface area contributed by atoms with Gasteiger partial charge >= 0.3 is 0 Å². The second-order valence-corrected chi connectivity index (χ2v) is 12.3. The second kappa shape index (κ2) is 7.38. The molecule has 0 aliphatic heterocycles. The number of aromatic nitrogens is 2. The zero-order valence-electron chi connectivity index (χ0n) is 12.0. The Morgan fingerprint density at radius 3 is 2.84 bits per heavy atom. The van der Waals surface area contributed by atoms with E-state index in [1.54, 1.807) is 0 Å². The minimum Gasteiger partial charge on any atom is -0.361 e. The predicted molar refractivity (Wildman–Crippen MR) is 85.8 cm³/mol. The Kier molecular flexibility index (Phi) is 6.45. The van der Waals surface area contributed by atoms with Gasteiger partial charge in [-0.15, -0.1) is 6.58 Å². The number of ether oxygens (including phenoxy) is 1. The van der Waals surface area contributed by atoms with Crippen LogP contribution in [0.3, 0.4) is 0 Å². The van der Waals surface area contributed by atoms with Crippen molar-refractivity contribution in [3.05, 3.63) is 29.3 Å². The highest BCUT2D eigenvalue weighted by molar-refractivity contribution is 9.10. The maximum absolute atomic E-state index is 6.07. The van der Waals surface area contributed by atoms with Gasteiger partial charge in [-0.3, -0.25) is 0 Å². The standard InChI is InChI=1S/C13H24BrN3OSi/c1-5-6-11(15)13-16-12(14)9-17(13)10-18-7-8-19(2,3)4/h5,9,11H,1,6-8,10,15H2,2-4H3/t11-/m0/s1. The van der Waals surface area contributed by atoms with Crippen molar-refractivity contribution < 1.29 is 4.74 Å². The van der Waals surface area contributed by atoms with E-state index in [-0.39, 0.29) is 6.04 Å². The van der Waals surface area contributed by atoms with Gasteiger partial charge in [-0.2, -0.15) is 0 Å². The molecule has 0 saturated carbocycles. The van der Waals surface area contributed by atoms with Gasteiger partial charge < -0.3 is 15.0 Å². The summed E-state index contributed by atoms with van der Waals surface area (Å²) in [7, 11) is -1.04. The van der Waals surface area contributed by atoms with E-state index in [1.807, 2.05) is 16.8 Å². The fourth-order valence-electron chi connectivity index (χ4n) is 1.62. The van der Waals surface area contributed by atoms with Crippen LogP contribution < -0.4 is 5.73 Å². The molecule has 19 heavy (non-hydrogen) atoms. The molecule has 0 aliphatic carbocycles. The first kappa shape index (κ1) is 16.6. The van der Waals surface area contributed by atoms with Gasteiger partial charge in [0.05, 0.1) is 6.04 Å². The summed E-state index contributed by atoms with van der Waals surface area (Å²) in [6.45, 7) is 12.0. The molecule has 108 valence electrons. The van der Waals surface area contributed by atoms with Gasteiger partial charge in [0.15, 0.2) is 0 Å². The van der Waals surface area contributed by atoms with Gasteiger partial charge in [0, 0.05) is 20.9 Å². The molecule has 0 spiro atoms. The van der Waals surface area contributed by atoms with Crippen LogP contribution in [-0.2, 0) is 11.5 Å². The Morgan fingerprint density at radius 1 is 1.58 bits per heavy atom. The van der Waals surface area contributed by atoms with Crippen LogP contribution in [0.2, 0.25) is 25.7 Å². The zero-order valence-corrected chi connectivity index (χ0v) is 14.6. The van der Waals surface area contributed by atoms with Crippen LogP contribution in [0.15, 0.2) is 23.5 Å². The number of hydrogen-bond donors (Lipinski definition) is 1. The fourth-order valence-corrected chi connectivity index (χ4v) is 2.81. The molecule has 0 aliphatic rings. The first-order chi connectivity index (χ1) is 8.83. The number of rotatable bonds is 8. The summed E-state index contributed by atoms with van der Waals surface area (Å²) in [5.41, 5.74) is 6.07. The number of nitrogens with two attached hydrogens (primary N) is 1. The Bertz CT molecular complexity index is 415. The van der Waals surface area contributed by atoms with Gasteiger partial charge in [-0.25, -0.2) is 4.98 Å². The minimum absolute atomic E-state index is 0.135. The zero-order chi connectivity index (χ0) is 14.5. The lowest BCUT2D eigenvalue weighted by atomic mass is 10.2. The lowest BCUT2D eigenvalue weighted by molar-refractivity contribution is 0.0843. The Labute approximate surface area is 125 Å². The number of imidazole rings is 1. The van der Waals surface area contributed by atoms with Crippen LogP contribution in [0.4, 0.5) is 0 Å². The van der Waals surface area contributed by atoms with Crippen molar-refractivity contribution in [3.63, 3.8) is 0 Å². The first-order valence-corrected chi connectivity index (χ1v) is 11.0. The van der Waals surface area contributed by atoms with E-state index in [1.165, 1.54) is 0 Å². The van der Waals surface area contributed by atoms with Gasteiger partial charge in [0.25, 0.3) is 0 Å². The third-order valence-electron chi connectivity index (χ3n) is 2.76. The van der Waals surface area contributed by atoms with Crippen LogP contribution in [0.25, 0.3) is 0 Å². The predicted octanol–water partition coefficient (Wildman–Crippen LogP) is 3.53. The third-order valence-corrected chi connectivity index (χ3v) is 4.84. The highest BCUT2D eigenvalue weighted by Crippen LogP contribution is 2.18. The van der Waals surface area contributed by atoms with E-state index in [9.17, 15) is 0 Å². The normalized spacial score (nSPS) is 13.5. The molecule has 1 rings (SSSR count). The van der Waals surface area contributed by atoms with Crippen LogP contribution >= 0.6 is 15.9 Å². The van der Waals surface area contributed by atoms with E-state index in [0.29, 0.717) is 13.2 Å². The van der Waals surface area contributed by atoms with Crippen molar-refractivity contribution in [2.24, 2.45) is 5.73 Å².